The van der Waals surface area contributed by atoms with Crippen LogP contribution >= 0.6 is 0 Å². The number of hydrogen-bond acceptors (Lipinski definition) is 16. The van der Waals surface area contributed by atoms with E-state index in [2.05, 4.69) is 12.7 Å². The minimum Gasteiger partial charge on any atom is -0.459 e. The number of amides is 1. The van der Waals surface area contributed by atoms with Crippen molar-refractivity contribution in [1.82, 2.24) is 4.90 Å². The molecule has 366 valence electrons. The number of aliphatic hydroxyl groups excluding tert-OH is 3. The number of allylic oxidation sites excluding steroid dienone is 1. The number of carbonyl (C=O) groups is 1. The van der Waals surface area contributed by atoms with Crippen LogP contribution in [0.15, 0.2) is 96.2 Å². The quantitative estimate of drug-likeness (QED) is 0.0334. The van der Waals surface area contributed by atoms with Crippen LogP contribution in [0.25, 0.3) is 0 Å². The van der Waals surface area contributed by atoms with Crippen LogP contribution in [0.3, 0.4) is 0 Å². The minimum absolute atomic E-state index is 0.00595. The highest BCUT2D eigenvalue weighted by Crippen LogP contribution is 2.62. The maximum Gasteiger partial charge on any atom is 0.415 e. The van der Waals surface area contributed by atoms with E-state index in [-0.39, 0.29) is 87.3 Å². The Morgan fingerprint density at radius 3 is 2.35 bits per heavy atom. The second kappa shape index (κ2) is 23.9. The molecule has 68 heavy (non-hydrogen) atoms. The first-order chi connectivity index (χ1) is 33.1. The lowest BCUT2D eigenvalue weighted by Gasteiger charge is -2.59. The molecule has 1 unspecified atom stereocenters. The van der Waals surface area contributed by atoms with Gasteiger partial charge < -0.3 is 48.6 Å². The van der Waals surface area contributed by atoms with Gasteiger partial charge in [0.2, 0.25) is 12.1 Å². The van der Waals surface area contributed by atoms with Crippen LogP contribution in [-0.4, -0.2) is 113 Å². The Bertz CT molecular complexity index is 2270. The largest absolute Gasteiger partial charge is 0.459 e. The van der Waals surface area contributed by atoms with Gasteiger partial charge >= 0.3 is 6.09 Å². The van der Waals surface area contributed by atoms with E-state index in [9.17, 15) is 40.3 Å². The Morgan fingerprint density at radius 2 is 1.65 bits per heavy atom. The minimum atomic E-state index is -1.68. The highest BCUT2D eigenvalue weighted by molar-refractivity contribution is 6.03. The third-order valence-electron chi connectivity index (χ3n) is 12.9. The molecule has 2 aliphatic heterocycles. The van der Waals surface area contributed by atoms with Crippen molar-refractivity contribution in [2.45, 2.75) is 88.2 Å². The average Bonchev–Trinajstić information content (AvgIpc) is 3.34. The summed E-state index contributed by atoms with van der Waals surface area (Å²) >= 11 is 0. The normalized spacial score (nSPS) is 24.4. The molecule has 3 aromatic carbocycles. The fraction of sp³-hybridized carbons (Fsp3) is 0.510. The van der Waals surface area contributed by atoms with Gasteiger partial charge in [-0.3, -0.25) is 25.1 Å². The number of non-ortho nitro benzene ring substituents is 2. The summed E-state index contributed by atoms with van der Waals surface area (Å²) in [4.78, 5) is 44.6. The van der Waals surface area contributed by atoms with Gasteiger partial charge in [0.15, 0.2) is 0 Å². The third-order valence-corrected chi connectivity index (χ3v) is 12.9. The number of hydrogen-bond donors (Lipinski definition) is 3. The van der Waals surface area contributed by atoms with Crippen LogP contribution < -0.4 is 14.2 Å². The predicted molar refractivity (Wildman–Crippen MR) is 247 cm³/mol. The van der Waals surface area contributed by atoms with E-state index in [4.69, 9.17) is 38.4 Å². The third kappa shape index (κ3) is 11.6. The number of benzene rings is 3. The molecule has 0 radical (unpaired) electrons. The molecule has 4 aliphatic rings. The molecule has 2 aliphatic carbocycles. The first kappa shape index (κ1) is 49.9. The van der Waals surface area contributed by atoms with Crippen molar-refractivity contribution < 1.29 is 63.2 Å². The van der Waals surface area contributed by atoms with Gasteiger partial charge in [-0.25, -0.2) is 4.79 Å². The summed E-state index contributed by atoms with van der Waals surface area (Å²) in [6.45, 7) is 4.10. The van der Waals surface area contributed by atoms with Crippen molar-refractivity contribution in [3.05, 3.63) is 117 Å². The molecule has 7 atom stereocenters. The maximum atomic E-state index is 14.8. The molecule has 2 fully saturated rings. The van der Waals surface area contributed by atoms with E-state index in [0.717, 1.165) is 24.0 Å². The van der Waals surface area contributed by atoms with Crippen molar-refractivity contribution in [3.8, 4) is 23.0 Å². The van der Waals surface area contributed by atoms with Gasteiger partial charge in [0, 0.05) is 62.3 Å². The predicted octanol–water partition coefficient (Wildman–Crippen LogP) is 7.97. The second-order valence-electron chi connectivity index (χ2n) is 17.2. The van der Waals surface area contributed by atoms with Crippen LogP contribution in [-0.2, 0) is 19.0 Å². The van der Waals surface area contributed by atoms with Gasteiger partial charge in [-0.2, -0.15) is 0 Å². The molecule has 0 bridgehead atoms. The van der Waals surface area contributed by atoms with E-state index in [0.29, 0.717) is 68.8 Å². The average molecular weight is 945 g/mol. The number of aliphatic hydroxyl groups is 3. The zero-order valence-corrected chi connectivity index (χ0v) is 37.9. The zero-order valence-electron chi connectivity index (χ0n) is 37.9. The Hall–Kier alpha value is -5.96. The summed E-state index contributed by atoms with van der Waals surface area (Å²) in [5.74, 6) is -1.92. The van der Waals surface area contributed by atoms with Gasteiger partial charge in [-0.05, 0) is 92.3 Å². The van der Waals surface area contributed by atoms with Crippen LogP contribution in [0.2, 0.25) is 0 Å². The Morgan fingerprint density at radius 1 is 0.897 bits per heavy atom. The summed E-state index contributed by atoms with van der Waals surface area (Å²) in [6, 6.07) is 15.3. The van der Waals surface area contributed by atoms with E-state index in [1.165, 1.54) is 41.3 Å². The first-order valence-corrected chi connectivity index (χ1v) is 23.3. The van der Waals surface area contributed by atoms with Crippen LogP contribution in [0.5, 0.6) is 23.0 Å². The lowest BCUT2D eigenvalue weighted by Crippen LogP contribution is -2.70. The first-order valence-electron chi connectivity index (χ1n) is 23.3. The molecule has 1 amide bonds. The number of oxime groups is 1. The number of nitrogens with zero attached hydrogens (tertiary/aromatic N) is 4. The molecule has 1 saturated heterocycles. The van der Waals surface area contributed by atoms with E-state index >= 15 is 0 Å². The SMILES string of the molecule is C=CCO[C@@]12Oc3ccc(Oc4cccc([N+](=O)[O-])c4)cc3[C@H]3[C@H](CCCCO)[C@@H](CCCCO)C=C(C(=NOC4CCCCO4)C[C@@H]1N(CCOCCO)C(=O)Oc1ccc([N+](=O)[O-])cc1)[C@H]32. The number of carbonyl (C=O) groups excluding carboxylic acids is 1. The second-order valence-corrected chi connectivity index (χ2v) is 17.2. The van der Waals surface area contributed by atoms with Crippen molar-refractivity contribution in [2.24, 2.45) is 22.9 Å². The molecular weight excluding hydrogens is 885 g/mol. The van der Waals surface area contributed by atoms with Crippen LogP contribution in [0.1, 0.15) is 75.7 Å². The summed E-state index contributed by atoms with van der Waals surface area (Å²) < 4.78 is 38.3. The summed E-state index contributed by atoms with van der Waals surface area (Å²) in [6.07, 6.45) is 8.64. The molecule has 0 aromatic heterocycles. The van der Waals surface area contributed by atoms with Gasteiger partial charge in [-0.1, -0.05) is 36.2 Å². The number of ether oxygens (including phenoxy) is 6. The fourth-order valence-corrected chi connectivity index (χ4v) is 9.92. The lowest BCUT2D eigenvalue weighted by atomic mass is 9.55. The van der Waals surface area contributed by atoms with Gasteiger partial charge in [0.25, 0.3) is 11.4 Å². The molecule has 2 heterocycles. The monoisotopic (exact) mass is 944 g/mol. The smallest absolute Gasteiger partial charge is 0.415 e. The summed E-state index contributed by atoms with van der Waals surface area (Å²) in [7, 11) is 0. The van der Waals surface area contributed by atoms with Crippen LogP contribution in [0, 0.1) is 38.0 Å². The molecular formula is C49H60N4O15. The molecule has 3 N–H and O–H groups in total. The topological polar surface area (TPSA) is 244 Å². The Labute approximate surface area is 394 Å². The fourth-order valence-electron chi connectivity index (χ4n) is 9.92. The molecule has 1 saturated carbocycles. The summed E-state index contributed by atoms with van der Waals surface area (Å²) in [5, 5.41) is 57.6. The van der Waals surface area contributed by atoms with Crippen molar-refractivity contribution in [2.75, 3.05) is 52.8 Å². The molecule has 7 rings (SSSR count). The Balaban J connectivity index is 1.43. The summed E-state index contributed by atoms with van der Waals surface area (Å²) in [5.41, 5.74) is 1.71. The molecule has 3 aromatic rings. The lowest BCUT2D eigenvalue weighted by molar-refractivity contribution is -0.385. The number of nitro benzene ring substituents is 2. The number of rotatable bonds is 24. The molecule has 19 heteroatoms. The Kier molecular flexibility index (Phi) is 17.5. The van der Waals surface area contributed by atoms with Crippen molar-refractivity contribution in [1.29, 1.82) is 0 Å². The van der Waals surface area contributed by atoms with Gasteiger partial charge in [0.05, 0.1) is 60.6 Å². The molecule has 19 nitrogen and oxygen atoms in total. The highest BCUT2D eigenvalue weighted by Gasteiger charge is 2.66. The highest BCUT2D eigenvalue weighted by atomic mass is 16.8. The number of fused-ring (bicyclic) bond motifs is 2. The van der Waals surface area contributed by atoms with E-state index in [1.807, 2.05) is 6.07 Å². The van der Waals surface area contributed by atoms with Gasteiger partial charge in [-0.15, -0.1) is 6.58 Å². The van der Waals surface area contributed by atoms with E-state index in [1.54, 1.807) is 30.3 Å². The van der Waals surface area contributed by atoms with E-state index < -0.39 is 45.9 Å². The number of nitro groups is 2. The number of unbranched alkanes of at least 4 members (excludes halogenated alkanes) is 2. The maximum absolute atomic E-state index is 14.8. The van der Waals surface area contributed by atoms with Crippen LogP contribution in [0.4, 0.5) is 16.2 Å². The van der Waals surface area contributed by atoms with Crippen molar-refractivity contribution >= 4 is 23.2 Å². The molecule has 0 spiro atoms. The van der Waals surface area contributed by atoms with Crippen molar-refractivity contribution in [3.63, 3.8) is 0 Å². The zero-order chi connectivity index (χ0) is 48.0. The standard InChI is InChI=1S/C49H60N4O15/c1-2-25-64-49-44(51(21-27-62-28-24-56)48(57)66-36-17-15-34(16-18-36)52(58)59)32-42(50-68-45-14-5-8-26-63-45)40-29-33(10-3-6-22-54)39(13-4-7-23-55)46(47(40)49)41-31-38(19-20-43(41)67-49)65-37-12-9-11-35(30-37)53(60)61/h2,9,11-12,15-20,29-31,33,39,44-47,54-56H,1,3-8,10,13-14,21-28,32H2/t33-,39+,44-,45?,46+,47+,49+/m0/s1. The van der Waals surface area contributed by atoms with Gasteiger partial charge in [0.1, 0.15) is 29.0 Å².